The van der Waals surface area contributed by atoms with Gasteiger partial charge in [0.25, 0.3) is 0 Å². The quantitative estimate of drug-likeness (QED) is 0.825. The first-order chi connectivity index (χ1) is 9.24. The predicted molar refractivity (Wildman–Crippen MR) is 77.5 cm³/mol. The van der Waals surface area contributed by atoms with Gasteiger partial charge in [-0.25, -0.2) is 0 Å². The molecular weight excluding hydrogens is 236 g/mol. The number of benzene rings is 1. The molecule has 1 unspecified atom stereocenters. The second-order valence-corrected chi connectivity index (χ2v) is 5.11. The van der Waals surface area contributed by atoms with Gasteiger partial charge in [-0.3, -0.25) is 4.79 Å². The number of rotatable bonds is 5. The molecule has 0 aromatic heterocycles. The van der Waals surface area contributed by atoms with Gasteiger partial charge in [-0.15, -0.1) is 6.58 Å². The lowest BCUT2D eigenvalue weighted by Gasteiger charge is -2.30. The summed E-state index contributed by atoms with van der Waals surface area (Å²) in [5.74, 6) is 0.0120. The second-order valence-electron chi connectivity index (χ2n) is 5.11. The number of hydrogen-bond acceptors (Lipinski definition) is 2. The summed E-state index contributed by atoms with van der Waals surface area (Å²) < 4.78 is 0. The maximum Gasteiger partial charge on any atom is 0.244 e. The van der Waals surface area contributed by atoms with Crippen LogP contribution in [0.5, 0.6) is 0 Å². The maximum atomic E-state index is 12.6. The number of carbonyl (C=O) groups is 1. The summed E-state index contributed by atoms with van der Waals surface area (Å²) in [4.78, 5) is 14.5. The average Bonchev–Trinajstić information content (AvgIpc) is 2.98. The molecule has 0 bridgehead atoms. The number of nitrogens with two attached hydrogens (primary N) is 1. The number of nitrogens with zero attached hydrogens (tertiary/aromatic N) is 1. The Bertz CT molecular complexity index is 424. The average molecular weight is 258 g/mol. The first-order valence-electron chi connectivity index (χ1n) is 6.96. The van der Waals surface area contributed by atoms with Crippen molar-refractivity contribution in [2.75, 3.05) is 6.54 Å². The molecule has 1 aromatic rings. The van der Waals surface area contributed by atoms with E-state index in [1.165, 1.54) is 12.8 Å². The Hall–Kier alpha value is -1.61. The number of hydrogen-bond donors (Lipinski definition) is 1. The van der Waals surface area contributed by atoms with Crippen molar-refractivity contribution < 1.29 is 4.79 Å². The first-order valence-corrected chi connectivity index (χ1v) is 6.96. The van der Waals surface area contributed by atoms with Gasteiger partial charge >= 0.3 is 0 Å². The van der Waals surface area contributed by atoms with Gasteiger partial charge in [0.1, 0.15) is 6.04 Å². The van der Waals surface area contributed by atoms with Gasteiger partial charge in [-0.05, 0) is 18.4 Å². The summed E-state index contributed by atoms with van der Waals surface area (Å²) in [5, 5.41) is 0. The zero-order chi connectivity index (χ0) is 13.7. The minimum absolute atomic E-state index is 0.0120. The van der Waals surface area contributed by atoms with Crippen LogP contribution >= 0.6 is 0 Å². The van der Waals surface area contributed by atoms with E-state index in [-0.39, 0.29) is 5.91 Å². The third kappa shape index (κ3) is 3.24. The summed E-state index contributed by atoms with van der Waals surface area (Å²) in [7, 11) is 0. The fourth-order valence-corrected chi connectivity index (χ4v) is 2.76. The van der Waals surface area contributed by atoms with Crippen LogP contribution in [0, 0.1) is 0 Å². The molecule has 0 spiro atoms. The van der Waals surface area contributed by atoms with Crippen molar-refractivity contribution in [2.45, 2.75) is 37.8 Å². The van der Waals surface area contributed by atoms with Crippen LogP contribution in [0.3, 0.4) is 0 Å². The van der Waals surface area contributed by atoms with Crippen LogP contribution in [0.1, 0.15) is 37.3 Å². The molecule has 2 N–H and O–H groups in total. The first kappa shape index (κ1) is 13.8. The van der Waals surface area contributed by atoms with E-state index in [2.05, 4.69) is 6.58 Å². The molecule has 3 nitrogen and oxygen atoms in total. The molecule has 3 heteroatoms. The van der Waals surface area contributed by atoms with Gasteiger partial charge in [-0.1, -0.05) is 49.2 Å². The highest BCUT2D eigenvalue weighted by Gasteiger charge is 2.29. The van der Waals surface area contributed by atoms with Gasteiger partial charge in [-0.2, -0.15) is 0 Å². The van der Waals surface area contributed by atoms with E-state index in [4.69, 9.17) is 5.73 Å². The molecule has 0 heterocycles. The lowest BCUT2D eigenvalue weighted by Crippen LogP contribution is -2.44. The van der Waals surface area contributed by atoms with Gasteiger partial charge in [0, 0.05) is 12.6 Å². The maximum absolute atomic E-state index is 12.6. The third-order valence-electron chi connectivity index (χ3n) is 3.80. The highest BCUT2D eigenvalue weighted by molar-refractivity contribution is 5.83. The normalized spacial score (nSPS) is 17.1. The van der Waals surface area contributed by atoms with E-state index in [9.17, 15) is 4.79 Å². The van der Waals surface area contributed by atoms with Crippen molar-refractivity contribution >= 4 is 5.91 Å². The van der Waals surface area contributed by atoms with Crippen LogP contribution in [0.25, 0.3) is 0 Å². The Balaban J connectivity index is 2.12. The number of carbonyl (C=O) groups excluding carboxylic acids is 1. The highest BCUT2D eigenvalue weighted by atomic mass is 16.2. The summed E-state index contributed by atoms with van der Waals surface area (Å²) in [6, 6.07) is 9.33. The molecular formula is C16H22N2O. The van der Waals surface area contributed by atoms with Crippen molar-refractivity contribution in [3.8, 4) is 0 Å². The van der Waals surface area contributed by atoms with E-state index < -0.39 is 6.04 Å². The standard InChI is InChI=1S/C16H22N2O/c1-2-12-18(14-10-6-7-11-14)16(19)15(17)13-8-4-3-5-9-13/h2-5,8-9,14-15H,1,6-7,10-12,17H2. The lowest BCUT2D eigenvalue weighted by atomic mass is 10.1. The summed E-state index contributed by atoms with van der Waals surface area (Å²) in [6.45, 7) is 4.34. The zero-order valence-electron chi connectivity index (χ0n) is 11.3. The Labute approximate surface area is 115 Å². The van der Waals surface area contributed by atoms with Crippen LogP contribution < -0.4 is 5.73 Å². The van der Waals surface area contributed by atoms with Gasteiger partial charge in [0.2, 0.25) is 5.91 Å². The van der Waals surface area contributed by atoms with Crippen LogP contribution in [-0.2, 0) is 4.79 Å². The minimum Gasteiger partial charge on any atom is -0.334 e. The van der Waals surface area contributed by atoms with Gasteiger partial charge < -0.3 is 10.6 Å². The SMILES string of the molecule is C=CCN(C(=O)C(N)c1ccccc1)C1CCCC1. The zero-order valence-corrected chi connectivity index (χ0v) is 11.3. The van der Waals surface area contributed by atoms with Crippen molar-refractivity contribution in [2.24, 2.45) is 5.73 Å². The van der Waals surface area contributed by atoms with E-state index in [0.29, 0.717) is 12.6 Å². The summed E-state index contributed by atoms with van der Waals surface area (Å²) in [5.41, 5.74) is 6.99. The number of amides is 1. The summed E-state index contributed by atoms with van der Waals surface area (Å²) >= 11 is 0. The van der Waals surface area contributed by atoms with E-state index in [0.717, 1.165) is 18.4 Å². The smallest absolute Gasteiger partial charge is 0.244 e. The lowest BCUT2D eigenvalue weighted by molar-refractivity contribution is -0.134. The van der Waals surface area contributed by atoms with E-state index in [1.54, 1.807) is 6.08 Å². The molecule has 1 fully saturated rings. The molecule has 1 saturated carbocycles. The molecule has 0 aliphatic heterocycles. The molecule has 1 atom stereocenters. The fraction of sp³-hybridized carbons (Fsp3) is 0.438. The molecule has 1 aromatic carbocycles. The van der Waals surface area contributed by atoms with Crippen LogP contribution in [0.15, 0.2) is 43.0 Å². The fourth-order valence-electron chi connectivity index (χ4n) is 2.76. The molecule has 2 rings (SSSR count). The van der Waals surface area contributed by atoms with E-state index >= 15 is 0 Å². The van der Waals surface area contributed by atoms with Crippen molar-refractivity contribution in [3.05, 3.63) is 48.6 Å². The molecule has 102 valence electrons. The Kier molecular flexibility index (Phi) is 4.74. The second kappa shape index (κ2) is 6.53. The van der Waals surface area contributed by atoms with Crippen LogP contribution in [0.2, 0.25) is 0 Å². The largest absolute Gasteiger partial charge is 0.334 e. The molecule has 1 aliphatic rings. The molecule has 19 heavy (non-hydrogen) atoms. The Morgan fingerprint density at radius 1 is 1.37 bits per heavy atom. The highest BCUT2D eigenvalue weighted by Crippen LogP contribution is 2.25. The monoisotopic (exact) mass is 258 g/mol. The van der Waals surface area contributed by atoms with Crippen molar-refractivity contribution in [3.63, 3.8) is 0 Å². The predicted octanol–water partition coefficient (Wildman–Crippen LogP) is 2.64. The molecule has 0 saturated heterocycles. The Morgan fingerprint density at radius 2 is 2.00 bits per heavy atom. The molecule has 1 amide bonds. The molecule has 0 radical (unpaired) electrons. The van der Waals surface area contributed by atoms with Gasteiger partial charge in [0.05, 0.1) is 0 Å². The van der Waals surface area contributed by atoms with Gasteiger partial charge in [0.15, 0.2) is 0 Å². The third-order valence-corrected chi connectivity index (χ3v) is 3.80. The molecule has 1 aliphatic carbocycles. The Morgan fingerprint density at radius 3 is 2.58 bits per heavy atom. The van der Waals surface area contributed by atoms with Crippen molar-refractivity contribution in [1.29, 1.82) is 0 Å². The minimum atomic E-state index is -0.568. The van der Waals surface area contributed by atoms with Crippen LogP contribution in [0.4, 0.5) is 0 Å². The topological polar surface area (TPSA) is 46.3 Å². The van der Waals surface area contributed by atoms with E-state index in [1.807, 2.05) is 35.2 Å². The summed E-state index contributed by atoms with van der Waals surface area (Å²) in [6.07, 6.45) is 6.36. The van der Waals surface area contributed by atoms with Crippen LogP contribution in [-0.4, -0.2) is 23.4 Å². The van der Waals surface area contributed by atoms with Crippen molar-refractivity contribution in [1.82, 2.24) is 4.90 Å².